The third kappa shape index (κ3) is 8.50. The first-order valence-electron chi connectivity index (χ1n) is 12.9. The topological polar surface area (TPSA) is 35.5 Å². The van der Waals surface area contributed by atoms with Gasteiger partial charge in [0.2, 0.25) is 0 Å². The molecule has 0 aliphatic heterocycles. The summed E-state index contributed by atoms with van der Waals surface area (Å²) in [6, 6.07) is 0. The van der Waals surface area contributed by atoms with E-state index in [0.717, 1.165) is 43.4 Å². The lowest BCUT2D eigenvalue weighted by Gasteiger charge is -2.43. The summed E-state index contributed by atoms with van der Waals surface area (Å²) in [6.07, 6.45) is 23.0. The largest absolute Gasteiger partial charge is 0.508 e. The van der Waals surface area contributed by atoms with Crippen LogP contribution in [-0.2, 0) is 9.47 Å². The number of carbonyl (C=O) groups is 1. The smallest absolute Gasteiger partial charge is 0.438 e. The summed E-state index contributed by atoms with van der Waals surface area (Å²) in [5.74, 6) is 2.76. The van der Waals surface area contributed by atoms with Crippen molar-refractivity contribution in [2.45, 2.75) is 135 Å². The number of ether oxygens (including phenoxy) is 2. The van der Waals surface area contributed by atoms with E-state index in [4.69, 9.17) is 9.47 Å². The Kier molecular flexibility index (Phi) is 11.5. The number of hydrogen-bond acceptors (Lipinski definition) is 3. The van der Waals surface area contributed by atoms with Crippen LogP contribution in [0.15, 0.2) is 0 Å². The molecule has 170 valence electrons. The second-order valence-corrected chi connectivity index (χ2v) is 10.0. The van der Waals surface area contributed by atoms with Gasteiger partial charge in [-0.15, -0.1) is 0 Å². The molecule has 0 saturated heterocycles. The van der Waals surface area contributed by atoms with E-state index in [-0.39, 0.29) is 5.60 Å². The van der Waals surface area contributed by atoms with Gasteiger partial charge in [-0.2, -0.15) is 0 Å². The van der Waals surface area contributed by atoms with Gasteiger partial charge in [0.25, 0.3) is 0 Å². The lowest BCUT2D eigenvalue weighted by atomic mass is 9.67. The van der Waals surface area contributed by atoms with E-state index >= 15 is 0 Å². The fourth-order valence-electron chi connectivity index (χ4n) is 5.94. The number of methoxy groups -OCH3 is 1. The highest BCUT2D eigenvalue weighted by Gasteiger charge is 2.41. The molecule has 0 aromatic carbocycles. The van der Waals surface area contributed by atoms with Crippen molar-refractivity contribution < 1.29 is 14.3 Å². The van der Waals surface area contributed by atoms with Gasteiger partial charge in [-0.05, 0) is 69.1 Å². The molecule has 3 nitrogen and oxygen atoms in total. The highest BCUT2D eigenvalue weighted by Crippen LogP contribution is 2.46. The fourth-order valence-corrected chi connectivity index (χ4v) is 5.94. The van der Waals surface area contributed by atoms with Crippen LogP contribution in [0.25, 0.3) is 0 Å². The summed E-state index contributed by atoms with van der Waals surface area (Å²) in [5.41, 5.74) is -0.256. The molecule has 0 amide bonds. The maximum Gasteiger partial charge on any atom is 0.508 e. The van der Waals surface area contributed by atoms with E-state index in [1.54, 1.807) is 0 Å². The summed E-state index contributed by atoms with van der Waals surface area (Å²) in [7, 11) is 1.43. The zero-order valence-corrected chi connectivity index (χ0v) is 19.7. The Labute approximate surface area is 180 Å². The predicted octanol–water partition coefficient (Wildman–Crippen LogP) is 8.45. The van der Waals surface area contributed by atoms with Crippen LogP contribution < -0.4 is 0 Å². The van der Waals surface area contributed by atoms with Gasteiger partial charge in [-0.3, -0.25) is 0 Å². The Morgan fingerprint density at radius 1 is 0.793 bits per heavy atom. The molecule has 0 aromatic rings. The Balaban J connectivity index is 1.72. The van der Waals surface area contributed by atoms with Crippen LogP contribution >= 0.6 is 0 Å². The fraction of sp³-hybridized carbons (Fsp3) is 0.962. The third-order valence-corrected chi connectivity index (χ3v) is 7.92. The molecule has 0 radical (unpaired) electrons. The van der Waals surface area contributed by atoms with Crippen molar-refractivity contribution in [1.29, 1.82) is 0 Å². The molecule has 3 heteroatoms. The van der Waals surface area contributed by atoms with Gasteiger partial charge in [0, 0.05) is 0 Å². The van der Waals surface area contributed by atoms with Gasteiger partial charge in [-0.25, -0.2) is 4.79 Å². The van der Waals surface area contributed by atoms with E-state index in [1.807, 2.05) is 0 Å². The predicted molar refractivity (Wildman–Crippen MR) is 121 cm³/mol. The molecule has 0 unspecified atom stereocenters. The summed E-state index contributed by atoms with van der Waals surface area (Å²) in [5, 5.41) is 0. The lowest BCUT2D eigenvalue weighted by molar-refractivity contribution is -0.0677. The molecule has 2 rings (SSSR count). The van der Waals surface area contributed by atoms with Crippen molar-refractivity contribution in [2.75, 3.05) is 7.11 Å². The molecular weight excluding hydrogens is 360 g/mol. The van der Waals surface area contributed by atoms with Crippen LogP contribution in [0.1, 0.15) is 129 Å². The second kappa shape index (κ2) is 13.5. The van der Waals surface area contributed by atoms with Crippen molar-refractivity contribution in [3.63, 3.8) is 0 Å². The molecule has 0 spiro atoms. The average molecular weight is 409 g/mol. The van der Waals surface area contributed by atoms with Crippen LogP contribution in [0, 0.1) is 17.8 Å². The minimum Gasteiger partial charge on any atom is -0.438 e. The van der Waals surface area contributed by atoms with E-state index in [0.29, 0.717) is 0 Å². The van der Waals surface area contributed by atoms with Crippen molar-refractivity contribution in [3.05, 3.63) is 0 Å². The summed E-state index contributed by atoms with van der Waals surface area (Å²) < 4.78 is 10.7. The van der Waals surface area contributed by atoms with Gasteiger partial charge in [-0.1, -0.05) is 78.1 Å². The minimum atomic E-state index is -0.487. The van der Waals surface area contributed by atoms with Crippen molar-refractivity contribution in [1.82, 2.24) is 0 Å². The number of unbranched alkanes of at least 4 members (excludes halogenated alkanes) is 6. The molecule has 2 saturated carbocycles. The Bertz CT molecular complexity index is 431. The van der Waals surface area contributed by atoms with E-state index in [9.17, 15) is 4.79 Å². The standard InChI is InChI=1S/C26H48O3/c1-4-6-8-9-10-12-22-13-15-23(16-14-22)24-17-20-26(21-18-24,19-11-7-5-2)29-25(27)28-3/h22-24H,4-21H2,1-3H3. The third-order valence-electron chi connectivity index (χ3n) is 7.92. The van der Waals surface area contributed by atoms with Crippen LogP contribution in [0.4, 0.5) is 4.79 Å². The molecule has 2 aliphatic carbocycles. The number of carbonyl (C=O) groups excluding carboxylic acids is 1. The monoisotopic (exact) mass is 408 g/mol. The molecule has 0 bridgehead atoms. The first-order chi connectivity index (χ1) is 14.1. The number of rotatable bonds is 12. The van der Waals surface area contributed by atoms with Crippen molar-refractivity contribution in [2.24, 2.45) is 17.8 Å². The Morgan fingerprint density at radius 3 is 2.00 bits per heavy atom. The normalized spacial score (nSPS) is 30.1. The second-order valence-electron chi connectivity index (χ2n) is 10.0. The molecule has 2 aliphatic rings. The molecule has 0 N–H and O–H groups in total. The van der Waals surface area contributed by atoms with E-state index < -0.39 is 6.16 Å². The van der Waals surface area contributed by atoms with Crippen LogP contribution in [-0.4, -0.2) is 18.9 Å². The van der Waals surface area contributed by atoms with Gasteiger partial charge in [0.05, 0.1) is 7.11 Å². The Morgan fingerprint density at radius 2 is 1.38 bits per heavy atom. The molecular formula is C26H48O3. The van der Waals surface area contributed by atoms with Crippen molar-refractivity contribution >= 4 is 6.16 Å². The van der Waals surface area contributed by atoms with Crippen LogP contribution in [0.5, 0.6) is 0 Å². The van der Waals surface area contributed by atoms with Gasteiger partial charge >= 0.3 is 6.16 Å². The maximum absolute atomic E-state index is 11.8. The molecule has 0 atom stereocenters. The number of hydrogen-bond donors (Lipinski definition) is 0. The first kappa shape index (κ1) is 24.5. The minimum absolute atomic E-state index is 0.256. The summed E-state index contributed by atoms with van der Waals surface area (Å²) in [4.78, 5) is 11.8. The van der Waals surface area contributed by atoms with Gasteiger partial charge in [0.1, 0.15) is 5.60 Å². The molecule has 2 fully saturated rings. The van der Waals surface area contributed by atoms with Crippen LogP contribution in [0.2, 0.25) is 0 Å². The van der Waals surface area contributed by atoms with E-state index in [1.165, 1.54) is 97.0 Å². The quantitative estimate of drug-likeness (QED) is 0.240. The summed E-state index contributed by atoms with van der Waals surface area (Å²) >= 11 is 0. The molecule has 0 aromatic heterocycles. The Hall–Kier alpha value is -0.730. The van der Waals surface area contributed by atoms with Gasteiger partial charge in [0.15, 0.2) is 0 Å². The van der Waals surface area contributed by atoms with Gasteiger partial charge < -0.3 is 9.47 Å². The molecule has 0 heterocycles. The summed E-state index contributed by atoms with van der Waals surface area (Å²) in [6.45, 7) is 4.52. The van der Waals surface area contributed by atoms with Crippen LogP contribution in [0.3, 0.4) is 0 Å². The van der Waals surface area contributed by atoms with E-state index in [2.05, 4.69) is 13.8 Å². The first-order valence-corrected chi connectivity index (χ1v) is 12.9. The zero-order chi connectivity index (χ0) is 21.0. The zero-order valence-electron chi connectivity index (χ0n) is 19.7. The maximum atomic E-state index is 11.8. The average Bonchev–Trinajstić information content (AvgIpc) is 2.75. The SMILES string of the molecule is CCCCCCCC1CCC(C2CCC(CCCCC)(OC(=O)OC)CC2)CC1. The molecule has 29 heavy (non-hydrogen) atoms. The highest BCUT2D eigenvalue weighted by atomic mass is 16.7. The highest BCUT2D eigenvalue weighted by molar-refractivity contribution is 5.60. The van der Waals surface area contributed by atoms with Crippen molar-refractivity contribution in [3.8, 4) is 0 Å². The lowest BCUT2D eigenvalue weighted by Crippen LogP contribution is -2.40.